The zero-order valence-corrected chi connectivity index (χ0v) is 36.2. The molecule has 0 saturated heterocycles. The van der Waals surface area contributed by atoms with E-state index in [2.05, 4.69) is 214 Å². The Labute approximate surface area is 375 Å². The van der Waals surface area contributed by atoms with Crippen LogP contribution in [0.3, 0.4) is 0 Å². The third-order valence-electron chi connectivity index (χ3n) is 13.7. The molecule has 0 N–H and O–H groups in total. The highest BCUT2D eigenvalue weighted by atomic mass is 32.1. The molecule has 0 amide bonds. The summed E-state index contributed by atoms with van der Waals surface area (Å²) in [5.41, 5.74) is 15.3. The van der Waals surface area contributed by atoms with E-state index < -0.39 is 0 Å². The average Bonchev–Trinajstić information content (AvgIpc) is 3.85. The fourth-order valence-electron chi connectivity index (χ4n) is 10.7. The van der Waals surface area contributed by atoms with E-state index in [0.717, 1.165) is 33.5 Å². The zero-order valence-electron chi connectivity index (χ0n) is 35.4. The quantitative estimate of drug-likeness (QED) is 0.173. The molecular formula is C61H40N2S. The van der Waals surface area contributed by atoms with Crippen molar-refractivity contribution in [3.63, 3.8) is 0 Å². The lowest BCUT2D eigenvalue weighted by atomic mass is 9.79. The SMILES string of the molecule is CC1(C)c2cc(-c3ccc(-c4ccc(-c5cc(-c6cccc7sc8ccccc8c67)nc(-c6ccccc6)n5)c5ccccc45)c4ccccc34)ccc2-c2ccc3ccccc3c21. The van der Waals surface area contributed by atoms with Gasteiger partial charge in [0.05, 0.1) is 11.4 Å². The summed E-state index contributed by atoms with van der Waals surface area (Å²) in [4.78, 5) is 10.6. The Hall–Kier alpha value is -7.72. The third kappa shape index (κ3) is 5.57. The van der Waals surface area contributed by atoms with Gasteiger partial charge in [-0.3, -0.25) is 0 Å². The van der Waals surface area contributed by atoms with E-state index in [0.29, 0.717) is 5.82 Å². The molecule has 0 atom stereocenters. The minimum absolute atomic E-state index is 0.129. The molecule has 0 bridgehead atoms. The molecule has 0 unspecified atom stereocenters. The van der Waals surface area contributed by atoms with Gasteiger partial charge in [-0.15, -0.1) is 11.3 Å². The van der Waals surface area contributed by atoms with Gasteiger partial charge in [-0.05, 0) is 101 Å². The molecule has 2 nitrogen and oxygen atoms in total. The lowest BCUT2D eigenvalue weighted by Gasteiger charge is -2.24. The minimum atomic E-state index is -0.129. The lowest BCUT2D eigenvalue weighted by Crippen LogP contribution is -2.15. The molecule has 1 aliphatic carbocycles. The molecule has 2 aromatic heterocycles. The van der Waals surface area contributed by atoms with Crippen molar-refractivity contribution in [2.24, 2.45) is 0 Å². The van der Waals surface area contributed by atoms with Gasteiger partial charge in [0, 0.05) is 42.3 Å². The average molecular weight is 833 g/mol. The maximum Gasteiger partial charge on any atom is 0.160 e. The molecule has 3 heteroatoms. The van der Waals surface area contributed by atoms with Crippen LogP contribution >= 0.6 is 11.3 Å². The summed E-state index contributed by atoms with van der Waals surface area (Å²) in [6.07, 6.45) is 0. The fraction of sp³-hybridized carbons (Fsp3) is 0.0492. The normalized spacial score (nSPS) is 13.0. The van der Waals surface area contributed by atoms with E-state index in [9.17, 15) is 0 Å². The maximum absolute atomic E-state index is 5.33. The topological polar surface area (TPSA) is 25.8 Å². The van der Waals surface area contributed by atoms with E-state index >= 15 is 0 Å². The number of rotatable bonds is 5. The minimum Gasteiger partial charge on any atom is -0.228 e. The summed E-state index contributed by atoms with van der Waals surface area (Å²) in [6.45, 7) is 4.78. The summed E-state index contributed by atoms with van der Waals surface area (Å²) in [6, 6.07) is 75.4. The monoisotopic (exact) mass is 832 g/mol. The highest BCUT2D eigenvalue weighted by Crippen LogP contribution is 2.53. The second kappa shape index (κ2) is 14.2. The summed E-state index contributed by atoms with van der Waals surface area (Å²) < 4.78 is 2.54. The summed E-state index contributed by atoms with van der Waals surface area (Å²) in [7, 11) is 0. The second-order valence-corrected chi connectivity index (χ2v) is 18.7. The summed E-state index contributed by atoms with van der Waals surface area (Å²) >= 11 is 1.83. The zero-order chi connectivity index (χ0) is 42.5. The van der Waals surface area contributed by atoms with Crippen molar-refractivity contribution in [2.75, 3.05) is 0 Å². The molecule has 0 saturated carbocycles. The van der Waals surface area contributed by atoms with Gasteiger partial charge in [0.15, 0.2) is 5.82 Å². The van der Waals surface area contributed by atoms with Crippen molar-refractivity contribution < 1.29 is 0 Å². The Balaban J connectivity index is 0.958. The lowest BCUT2D eigenvalue weighted by molar-refractivity contribution is 0.666. The Bertz CT molecular complexity index is 3880. The van der Waals surface area contributed by atoms with E-state index in [1.165, 1.54) is 91.6 Å². The Morgan fingerprint density at radius 1 is 0.359 bits per heavy atom. The molecular weight excluding hydrogens is 793 g/mol. The number of nitrogens with zero attached hydrogens (tertiary/aromatic N) is 2. The molecule has 0 spiro atoms. The molecule has 64 heavy (non-hydrogen) atoms. The summed E-state index contributed by atoms with van der Waals surface area (Å²) in [5.74, 6) is 0.714. The number of hydrogen-bond acceptors (Lipinski definition) is 3. The first-order valence-corrected chi connectivity index (χ1v) is 22.9. The van der Waals surface area contributed by atoms with Crippen LogP contribution in [0, 0.1) is 0 Å². The Morgan fingerprint density at radius 2 is 0.906 bits per heavy atom. The first-order chi connectivity index (χ1) is 31.5. The van der Waals surface area contributed by atoms with Crippen molar-refractivity contribution >= 4 is 63.8 Å². The van der Waals surface area contributed by atoms with Gasteiger partial charge in [0.2, 0.25) is 0 Å². The van der Waals surface area contributed by atoms with E-state index in [-0.39, 0.29) is 5.41 Å². The van der Waals surface area contributed by atoms with Crippen LogP contribution in [-0.2, 0) is 5.41 Å². The van der Waals surface area contributed by atoms with E-state index in [1.54, 1.807) is 0 Å². The molecule has 1 aliphatic rings. The molecule has 0 radical (unpaired) electrons. The van der Waals surface area contributed by atoms with Gasteiger partial charge in [0.25, 0.3) is 0 Å². The van der Waals surface area contributed by atoms with Crippen molar-refractivity contribution in [1.82, 2.24) is 9.97 Å². The number of hydrogen-bond donors (Lipinski definition) is 0. The van der Waals surface area contributed by atoms with Crippen LogP contribution in [0.5, 0.6) is 0 Å². The molecule has 0 fully saturated rings. The number of aromatic nitrogens is 2. The fourth-order valence-corrected chi connectivity index (χ4v) is 11.9. The molecule has 12 aromatic rings. The van der Waals surface area contributed by atoms with Crippen LogP contribution in [0.2, 0.25) is 0 Å². The molecule has 10 aromatic carbocycles. The highest BCUT2D eigenvalue weighted by Gasteiger charge is 2.37. The van der Waals surface area contributed by atoms with Crippen molar-refractivity contribution in [2.45, 2.75) is 19.3 Å². The third-order valence-corrected chi connectivity index (χ3v) is 14.8. The predicted octanol–water partition coefficient (Wildman–Crippen LogP) is 16.9. The van der Waals surface area contributed by atoms with Gasteiger partial charge in [-0.25, -0.2) is 9.97 Å². The van der Waals surface area contributed by atoms with Crippen LogP contribution in [0.25, 0.3) is 120 Å². The predicted molar refractivity (Wildman–Crippen MR) is 272 cm³/mol. The molecule has 13 rings (SSSR count). The number of benzene rings is 10. The Kier molecular flexibility index (Phi) is 8.16. The Morgan fingerprint density at radius 3 is 1.66 bits per heavy atom. The van der Waals surface area contributed by atoms with E-state index in [1.807, 2.05) is 17.4 Å². The van der Waals surface area contributed by atoms with Crippen LogP contribution < -0.4 is 0 Å². The first-order valence-electron chi connectivity index (χ1n) is 22.1. The molecule has 300 valence electrons. The van der Waals surface area contributed by atoms with Gasteiger partial charge < -0.3 is 0 Å². The highest BCUT2D eigenvalue weighted by molar-refractivity contribution is 7.25. The standard InChI is InChI=1S/C61H40N2S/c1-61(2)53-35-39(28-29-48(53)50-30-27-37-15-6-7-18-41(37)59(50)61)40-31-32-46(43-20-9-8-19-42(40)43)47-33-34-49(45-22-11-10-21-44(45)47)54-36-55(63-60(62-54)38-16-4-3-5-17-38)51-24-14-26-57-58(51)52-23-12-13-25-56(52)64-57/h3-36H,1-2H3. The van der Waals surface area contributed by atoms with Gasteiger partial charge in [0.1, 0.15) is 0 Å². The number of fused-ring (bicyclic) bond motifs is 10. The van der Waals surface area contributed by atoms with Crippen molar-refractivity contribution in [1.29, 1.82) is 0 Å². The van der Waals surface area contributed by atoms with Crippen LogP contribution in [-0.4, -0.2) is 9.97 Å². The summed E-state index contributed by atoms with van der Waals surface area (Å²) in [5, 5.41) is 9.96. The number of thiophene rings is 1. The van der Waals surface area contributed by atoms with Crippen molar-refractivity contribution in [3.8, 4) is 67.3 Å². The smallest absolute Gasteiger partial charge is 0.160 e. The van der Waals surface area contributed by atoms with E-state index in [4.69, 9.17) is 9.97 Å². The maximum atomic E-state index is 5.33. The van der Waals surface area contributed by atoms with Crippen LogP contribution in [0.15, 0.2) is 206 Å². The first kappa shape index (κ1) is 36.9. The van der Waals surface area contributed by atoms with Gasteiger partial charge in [-0.2, -0.15) is 0 Å². The van der Waals surface area contributed by atoms with Crippen LogP contribution in [0.4, 0.5) is 0 Å². The van der Waals surface area contributed by atoms with Crippen LogP contribution in [0.1, 0.15) is 25.0 Å². The molecule has 0 aliphatic heterocycles. The second-order valence-electron chi connectivity index (χ2n) is 17.6. The largest absolute Gasteiger partial charge is 0.228 e. The van der Waals surface area contributed by atoms with Gasteiger partial charge in [-0.1, -0.05) is 196 Å². The van der Waals surface area contributed by atoms with Crippen molar-refractivity contribution in [3.05, 3.63) is 217 Å². The van der Waals surface area contributed by atoms with Gasteiger partial charge >= 0.3 is 0 Å². The molecule has 2 heterocycles.